The summed E-state index contributed by atoms with van der Waals surface area (Å²) in [5.74, 6) is -3.27. The second-order valence-corrected chi connectivity index (χ2v) is 14.3. The molecule has 14 nitrogen and oxygen atoms in total. The molecule has 6 amide bonds. The van der Waals surface area contributed by atoms with Gasteiger partial charge in [0.1, 0.15) is 24.2 Å². The predicted octanol–water partition coefficient (Wildman–Crippen LogP) is 1.60. The van der Waals surface area contributed by atoms with Crippen molar-refractivity contribution < 1.29 is 33.5 Å². The Morgan fingerprint density at radius 1 is 0.796 bits per heavy atom. The lowest BCUT2D eigenvalue weighted by Gasteiger charge is -2.37. The fourth-order valence-corrected chi connectivity index (χ4v) is 5.31. The molecule has 14 heteroatoms. The van der Waals surface area contributed by atoms with Gasteiger partial charge in [-0.25, -0.2) is 0 Å². The molecule has 0 spiro atoms. The fourth-order valence-electron chi connectivity index (χ4n) is 5.31. The Kier molecular flexibility index (Phi) is 20.3. The third-order valence-electron chi connectivity index (χ3n) is 8.73. The first-order chi connectivity index (χ1) is 22.6. The summed E-state index contributed by atoms with van der Waals surface area (Å²) in [6, 6.07) is -3.95. The van der Waals surface area contributed by atoms with Crippen LogP contribution in [0.25, 0.3) is 0 Å². The van der Waals surface area contributed by atoms with E-state index in [9.17, 15) is 28.8 Å². The van der Waals surface area contributed by atoms with Crippen molar-refractivity contribution in [3.05, 3.63) is 0 Å². The van der Waals surface area contributed by atoms with Crippen LogP contribution in [0.15, 0.2) is 0 Å². The number of hydrogen-bond acceptors (Lipinski definition) is 8. The minimum absolute atomic E-state index is 0.0253. The fraction of sp³-hybridized carbons (Fsp3) is 0.829. The van der Waals surface area contributed by atoms with Crippen molar-refractivity contribution >= 4 is 35.4 Å². The lowest BCUT2D eigenvalue weighted by molar-refractivity contribution is -0.148. The van der Waals surface area contributed by atoms with Crippen LogP contribution in [0.3, 0.4) is 0 Å². The van der Waals surface area contributed by atoms with E-state index >= 15 is 0 Å². The predicted molar refractivity (Wildman–Crippen MR) is 191 cm³/mol. The molecule has 4 atom stereocenters. The highest BCUT2D eigenvalue weighted by Gasteiger charge is 2.39. The molecule has 0 aliphatic rings. The highest BCUT2D eigenvalue weighted by atomic mass is 16.5. The molecule has 49 heavy (non-hydrogen) atoms. The lowest BCUT2D eigenvalue weighted by atomic mass is 9.95. The second kappa shape index (κ2) is 21.7. The van der Waals surface area contributed by atoms with E-state index < -0.39 is 59.3 Å². The Balaban J connectivity index is 6.41. The molecule has 0 saturated heterocycles. The van der Waals surface area contributed by atoms with E-state index in [0.29, 0.717) is 32.4 Å². The second-order valence-electron chi connectivity index (χ2n) is 14.3. The molecule has 0 aromatic rings. The lowest BCUT2D eigenvalue weighted by Crippen LogP contribution is -2.60. The van der Waals surface area contributed by atoms with Gasteiger partial charge >= 0.3 is 0 Å². The number of likely N-dealkylation sites (N-methyl/N-ethyl adjacent to an activating group) is 4. The van der Waals surface area contributed by atoms with Gasteiger partial charge in [0.2, 0.25) is 35.4 Å². The quantitative estimate of drug-likeness (QED) is 0.144. The third-order valence-corrected chi connectivity index (χ3v) is 8.73. The van der Waals surface area contributed by atoms with Gasteiger partial charge in [-0.1, -0.05) is 48.5 Å². The van der Waals surface area contributed by atoms with E-state index in [1.54, 1.807) is 20.9 Å². The summed E-state index contributed by atoms with van der Waals surface area (Å²) >= 11 is 0. The molecule has 0 bridgehead atoms. The summed E-state index contributed by atoms with van der Waals surface area (Å²) < 4.78 is 6.23. The number of nitrogens with zero attached hydrogens (tertiary/aromatic N) is 4. The number of rotatable bonds is 23. The summed E-state index contributed by atoms with van der Waals surface area (Å²) in [7, 11) is 4.56. The minimum atomic E-state index is -1.05. The zero-order valence-corrected chi connectivity index (χ0v) is 32.6. The smallest absolute Gasteiger partial charge is 0.245 e. The summed E-state index contributed by atoms with van der Waals surface area (Å²) in [5.41, 5.74) is 4.52. The van der Waals surface area contributed by atoms with Crippen molar-refractivity contribution in [2.24, 2.45) is 17.6 Å². The number of carbonyl (C=O) groups excluding carboxylic acids is 6. The summed E-state index contributed by atoms with van der Waals surface area (Å²) in [6.45, 7) is 21.2. The molecule has 0 aliphatic carbocycles. The molecule has 4 N–H and O–H groups in total. The van der Waals surface area contributed by atoms with Gasteiger partial charge in [0.25, 0.3) is 0 Å². The van der Waals surface area contributed by atoms with Crippen molar-refractivity contribution in [2.45, 2.75) is 125 Å². The average molecular weight is 698 g/mol. The number of ether oxygens (including phenoxy) is 1. The maximum absolute atomic E-state index is 14.2. The van der Waals surface area contributed by atoms with Gasteiger partial charge < -0.3 is 40.7 Å². The van der Waals surface area contributed by atoms with Crippen LogP contribution in [0.1, 0.15) is 94.9 Å². The summed E-state index contributed by atoms with van der Waals surface area (Å²) in [4.78, 5) is 85.1. The molecule has 0 aliphatic heterocycles. The first-order valence-corrected chi connectivity index (χ1v) is 17.7. The van der Waals surface area contributed by atoms with Crippen LogP contribution < -0.4 is 16.4 Å². The maximum Gasteiger partial charge on any atom is 0.245 e. The first-order valence-electron chi connectivity index (χ1n) is 17.7. The molecule has 0 fully saturated rings. The van der Waals surface area contributed by atoms with Crippen LogP contribution >= 0.6 is 0 Å². The average Bonchev–Trinajstić information content (AvgIpc) is 3.01. The van der Waals surface area contributed by atoms with Crippen LogP contribution in [0.5, 0.6) is 0 Å². The number of nitrogens with one attached hydrogen (secondary N) is 2. The van der Waals surface area contributed by atoms with Crippen LogP contribution in [0.2, 0.25) is 0 Å². The van der Waals surface area contributed by atoms with Crippen molar-refractivity contribution in [1.82, 2.24) is 30.2 Å². The van der Waals surface area contributed by atoms with Gasteiger partial charge in [-0.3, -0.25) is 28.8 Å². The molecule has 0 aromatic heterocycles. The van der Waals surface area contributed by atoms with Gasteiger partial charge in [0.15, 0.2) is 0 Å². The van der Waals surface area contributed by atoms with Crippen molar-refractivity contribution in [3.63, 3.8) is 0 Å². The molecular formula is C35H67N7O7. The number of carbonyl (C=O) groups is 6. The normalized spacial score (nSPS) is 14.2. The number of hydrogen-bond donors (Lipinski definition) is 3. The molecule has 0 saturated carbocycles. The van der Waals surface area contributed by atoms with E-state index in [2.05, 4.69) is 29.4 Å². The topological polar surface area (TPSA) is 175 Å². The van der Waals surface area contributed by atoms with Gasteiger partial charge in [-0.05, 0) is 58.5 Å². The van der Waals surface area contributed by atoms with E-state index in [4.69, 9.17) is 10.5 Å². The Hall–Kier alpha value is -3.26. The Bertz CT molecular complexity index is 1090. The van der Waals surface area contributed by atoms with Gasteiger partial charge in [0, 0.05) is 40.5 Å². The van der Waals surface area contributed by atoms with E-state index in [1.165, 1.54) is 35.7 Å². The maximum atomic E-state index is 14.2. The van der Waals surface area contributed by atoms with Crippen molar-refractivity contribution in [1.29, 1.82) is 0 Å². The van der Waals surface area contributed by atoms with Crippen molar-refractivity contribution in [2.75, 3.05) is 53.9 Å². The number of primary amides is 1. The molecule has 0 rings (SSSR count). The van der Waals surface area contributed by atoms with Crippen LogP contribution in [0, 0.1) is 11.8 Å². The zero-order valence-electron chi connectivity index (χ0n) is 32.6. The van der Waals surface area contributed by atoms with Crippen LogP contribution in [0.4, 0.5) is 0 Å². The van der Waals surface area contributed by atoms with Gasteiger partial charge in [-0.2, -0.15) is 0 Å². The highest BCUT2D eigenvalue weighted by molar-refractivity contribution is 5.95. The van der Waals surface area contributed by atoms with E-state index in [-0.39, 0.29) is 30.7 Å². The van der Waals surface area contributed by atoms with E-state index in [0.717, 1.165) is 13.1 Å². The van der Waals surface area contributed by atoms with E-state index in [1.807, 2.05) is 34.6 Å². The monoisotopic (exact) mass is 698 g/mol. The zero-order chi connectivity index (χ0) is 38.2. The van der Waals surface area contributed by atoms with Gasteiger partial charge in [-0.15, -0.1) is 0 Å². The SMILES string of the molecule is CCCC(=O)N(C)CC(=O)N(C)[C@@H](CC(C)(C)OCCN(CC)CC)C(=O)N[C@H](C(=O)N(C)[C@@H](CC(C)C)C(=O)N[C@H](C)C(N)=O)C(C)C. The third kappa shape index (κ3) is 15.9. The summed E-state index contributed by atoms with van der Waals surface area (Å²) in [5, 5.41) is 5.46. The Morgan fingerprint density at radius 3 is 1.82 bits per heavy atom. The Morgan fingerprint density at radius 2 is 1.35 bits per heavy atom. The van der Waals surface area contributed by atoms with Gasteiger partial charge in [0.05, 0.1) is 18.8 Å². The minimum Gasteiger partial charge on any atom is -0.374 e. The summed E-state index contributed by atoms with van der Waals surface area (Å²) in [6.07, 6.45) is 1.36. The Labute approximate surface area is 295 Å². The molecule has 0 radical (unpaired) electrons. The number of amides is 6. The molecule has 284 valence electrons. The molecule has 0 aromatic carbocycles. The molecule has 0 unspecified atom stereocenters. The van der Waals surface area contributed by atoms with Crippen LogP contribution in [-0.4, -0.2) is 139 Å². The van der Waals surface area contributed by atoms with Crippen molar-refractivity contribution in [3.8, 4) is 0 Å². The first kappa shape index (κ1) is 45.7. The molecule has 0 heterocycles. The standard InChI is InChI=1S/C35H67N7O7/c1-14-17-28(43)39(11)22-29(44)40(12)27(21-35(9,10)49-19-18-42(15-2)16-3)33(47)38-30(24(6)7)34(48)41(13)26(20-23(4)5)32(46)37-25(8)31(36)45/h23-27,30H,14-22H2,1-13H3,(H2,36,45)(H,37,46)(H,38,47)/t25-,26+,27+,30+/m1/s1. The van der Waals surface area contributed by atoms with Crippen LogP contribution in [-0.2, 0) is 33.5 Å². The number of nitrogens with two attached hydrogens (primary N) is 1. The molecular weight excluding hydrogens is 630 g/mol. The largest absolute Gasteiger partial charge is 0.374 e. The highest BCUT2D eigenvalue weighted by Crippen LogP contribution is 2.22.